The van der Waals surface area contributed by atoms with Crippen molar-refractivity contribution in [2.24, 2.45) is 5.92 Å². The van der Waals surface area contributed by atoms with E-state index in [0.717, 1.165) is 75.7 Å². The van der Waals surface area contributed by atoms with Crippen LogP contribution in [0.5, 0.6) is 0 Å². The number of fused-ring (bicyclic) bond motifs is 1. The third kappa shape index (κ3) is 5.84. The summed E-state index contributed by atoms with van der Waals surface area (Å²) in [5, 5.41) is 2.24. The Hall–Kier alpha value is -3.47. The van der Waals surface area contributed by atoms with Crippen molar-refractivity contribution >= 4 is 35.4 Å². The second-order valence-electron chi connectivity index (χ2n) is 12.2. The second kappa shape index (κ2) is 11.2. The number of rotatable bonds is 5. The molecule has 4 heterocycles. The molecule has 11 nitrogen and oxygen atoms in total. The van der Waals surface area contributed by atoms with E-state index in [9.17, 15) is 24.0 Å². The van der Waals surface area contributed by atoms with Crippen molar-refractivity contribution in [3.8, 4) is 0 Å². The smallest absolute Gasteiger partial charge is 0.410 e. The number of anilines is 1. The fourth-order valence-corrected chi connectivity index (χ4v) is 6.07. The molecule has 3 saturated heterocycles. The van der Waals surface area contributed by atoms with Crippen molar-refractivity contribution in [2.45, 2.75) is 64.5 Å². The van der Waals surface area contributed by atoms with Gasteiger partial charge < -0.3 is 14.5 Å². The van der Waals surface area contributed by atoms with Gasteiger partial charge in [0.15, 0.2) is 0 Å². The Kier molecular flexibility index (Phi) is 7.85. The van der Waals surface area contributed by atoms with Crippen LogP contribution in [0.4, 0.5) is 10.5 Å². The van der Waals surface area contributed by atoms with E-state index in [2.05, 4.69) is 15.1 Å². The minimum absolute atomic E-state index is 0.0987. The molecule has 4 aliphatic rings. The van der Waals surface area contributed by atoms with Gasteiger partial charge in [0, 0.05) is 45.7 Å². The molecule has 0 bridgehead atoms. The van der Waals surface area contributed by atoms with Crippen LogP contribution < -0.4 is 10.2 Å². The zero-order chi connectivity index (χ0) is 28.6. The SMILES string of the molecule is CC(C)(C)OC(=O)N1CCC(CCN2CCN(c3cccc4c3C(=O)N(C3CCC(=O)NC3=O)C4=O)CC2)CC1. The minimum atomic E-state index is -0.967. The first-order valence-electron chi connectivity index (χ1n) is 14.3. The summed E-state index contributed by atoms with van der Waals surface area (Å²) >= 11 is 0. The largest absolute Gasteiger partial charge is 0.444 e. The highest BCUT2D eigenvalue weighted by Gasteiger charge is 2.46. The molecule has 1 unspecified atom stereocenters. The van der Waals surface area contributed by atoms with Crippen LogP contribution >= 0.6 is 0 Å². The van der Waals surface area contributed by atoms with Crippen LogP contribution in [0.2, 0.25) is 0 Å². The lowest BCUT2D eigenvalue weighted by Crippen LogP contribution is -2.54. The molecule has 0 saturated carbocycles. The molecule has 1 atom stereocenters. The maximum Gasteiger partial charge on any atom is 0.410 e. The molecule has 0 radical (unpaired) electrons. The maximum atomic E-state index is 13.4. The number of hydrogen-bond acceptors (Lipinski definition) is 8. The molecule has 1 aromatic carbocycles. The summed E-state index contributed by atoms with van der Waals surface area (Å²) in [6, 6.07) is 4.32. The average Bonchev–Trinajstić information content (AvgIpc) is 3.17. The van der Waals surface area contributed by atoms with E-state index in [1.165, 1.54) is 0 Å². The Bertz CT molecular complexity index is 1190. The van der Waals surface area contributed by atoms with Crippen molar-refractivity contribution in [3.63, 3.8) is 0 Å². The molecule has 3 fully saturated rings. The molecule has 216 valence electrons. The van der Waals surface area contributed by atoms with Crippen molar-refractivity contribution in [1.29, 1.82) is 0 Å². The molecule has 0 aliphatic carbocycles. The highest BCUT2D eigenvalue weighted by atomic mass is 16.6. The highest BCUT2D eigenvalue weighted by Crippen LogP contribution is 2.34. The zero-order valence-electron chi connectivity index (χ0n) is 23.6. The van der Waals surface area contributed by atoms with Crippen LogP contribution in [0.1, 0.15) is 73.6 Å². The van der Waals surface area contributed by atoms with E-state index in [0.29, 0.717) is 17.0 Å². The fraction of sp³-hybridized carbons (Fsp3) is 0.621. The van der Waals surface area contributed by atoms with Gasteiger partial charge in [-0.05, 0) is 71.0 Å². The number of piperidine rings is 2. The Morgan fingerprint density at radius 1 is 0.950 bits per heavy atom. The number of carbonyl (C=O) groups excluding carboxylic acids is 5. The molecule has 11 heteroatoms. The third-order valence-electron chi connectivity index (χ3n) is 8.28. The second-order valence-corrected chi connectivity index (χ2v) is 12.2. The molecule has 4 aliphatic heterocycles. The zero-order valence-corrected chi connectivity index (χ0v) is 23.6. The number of carbonyl (C=O) groups is 5. The van der Waals surface area contributed by atoms with Gasteiger partial charge in [0.1, 0.15) is 11.6 Å². The van der Waals surface area contributed by atoms with Gasteiger partial charge in [-0.1, -0.05) is 6.07 Å². The normalized spacial score (nSPS) is 23.0. The summed E-state index contributed by atoms with van der Waals surface area (Å²) in [6.07, 6.45) is 3.06. The number of likely N-dealkylation sites (tertiary alicyclic amines) is 1. The molecule has 0 aromatic heterocycles. The summed E-state index contributed by atoms with van der Waals surface area (Å²) < 4.78 is 5.50. The molecule has 5 amide bonds. The number of piperazine rings is 1. The highest BCUT2D eigenvalue weighted by molar-refractivity contribution is 6.25. The van der Waals surface area contributed by atoms with Crippen molar-refractivity contribution in [2.75, 3.05) is 50.7 Å². The van der Waals surface area contributed by atoms with Crippen molar-refractivity contribution < 1.29 is 28.7 Å². The molecule has 5 rings (SSSR count). The van der Waals surface area contributed by atoms with Crippen LogP contribution in [0.15, 0.2) is 18.2 Å². The molecular formula is C29H39N5O6. The third-order valence-corrected chi connectivity index (χ3v) is 8.28. The maximum absolute atomic E-state index is 13.4. The first-order valence-corrected chi connectivity index (χ1v) is 14.3. The Labute approximate surface area is 234 Å². The quantitative estimate of drug-likeness (QED) is 0.552. The lowest BCUT2D eigenvalue weighted by molar-refractivity contribution is -0.136. The number of nitrogens with one attached hydrogen (secondary N) is 1. The van der Waals surface area contributed by atoms with Gasteiger partial charge in [-0.25, -0.2) is 4.79 Å². The van der Waals surface area contributed by atoms with E-state index < -0.39 is 29.4 Å². The van der Waals surface area contributed by atoms with Gasteiger partial charge in [-0.15, -0.1) is 0 Å². The molecule has 0 spiro atoms. The number of imide groups is 2. The monoisotopic (exact) mass is 553 g/mol. The summed E-state index contributed by atoms with van der Waals surface area (Å²) in [6.45, 7) is 11.3. The van der Waals surface area contributed by atoms with E-state index >= 15 is 0 Å². The van der Waals surface area contributed by atoms with Gasteiger partial charge >= 0.3 is 6.09 Å². The molecular weight excluding hydrogens is 514 g/mol. The number of ether oxygens (including phenoxy) is 1. The van der Waals surface area contributed by atoms with Crippen LogP contribution in [-0.2, 0) is 14.3 Å². The number of benzene rings is 1. The lowest BCUT2D eigenvalue weighted by Gasteiger charge is -2.38. The van der Waals surface area contributed by atoms with Crippen LogP contribution in [0, 0.1) is 5.92 Å². The predicted molar refractivity (Wildman–Crippen MR) is 147 cm³/mol. The van der Waals surface area contributed by atoms with Gasteiger partial charge in [-0.3, -0.25) is 34.3 Å². The topological polar surface area (TPSA) is 120 Å². The lowest BCUT2D eigenvalue weighted by atomic mass is 9.93. The predicted octanol–water partition coefficient (Wildman–Crippen LogP) is 2.25. The first-order chi connectivity index (χ1) is 19.0. The Morgan fingerprint density at radius 2 is 1.65 bits per heavy atom. The first kappa shape index (κ1) is 28.1. The number of nitrogens with zero attached hydrogens (tertiary/aromatic N) is 4. The number of amides is 5. The van der Waals surface area contributed by atoms with Gasteiger partial charge in [0.05, 0.1) is 16.8 Å². The molecule has 1 aromatic rings. The van der Waals surface area contributed by atoms with E-state index in [1.807, 2.05) is 31.7 Å². The van der Waals surface area contributed by atoms with Crippen molar-refractivity contribution in [3.05, 3.63) is 29.3 Å². The summed E-state index contributed by atoms with van der Waals surface area (Å²) in [5.41, 5.74) is 0.903. The Morgan fingerprint density at radius 3 is 2.30 bits per heavy atom. The fourth-order valence-electron chi connectivity index (χ4n) is 6.07. The average molecular weight is 554 g/mol. The van der Waals surface area contributed by atoms with E-state index in [-0.39, 0.29) is 24.8 Å². The summed E-state index contributed by atoms with van der Waals surface area (Å²) in [5.74, 6) is -1.35. The summed E-state index contributed by atoms with van der Waals surface area (Å²) in [7, 11) is 0. The minimum Gasteiger partial charge on any atom is -0.444 e. The Balaban J connectivity index is 1.13. The van der Waals surface area contributed by atoms with Crippen LogP contribution in [0.25, 0.3) is 0 Å². The molecule has 1 N–H and O–H groups in total. The van der Waals surface area contributed by atoms with Crippen molar-refractivity contribution in [1.82, 2.24) is 20.0 Å². The van der Waals surface area contributed by atoms with Gasteiger partial charge in [-0.2, -0.15) is 0 Å². The van der Waals surface area contributed by atoms with Crippen LogP contribution in [-0.4, -0.2) is 102 Å². The van der Waals surface area contributed by atoms with Gasteiger partial charge in [0.2, 0.25) is 11.8 Å². The molecule has 40 heavy (non-hydrogen) atoms. The van der Waals surface area contributed by atoms with E-state index in [4.69, 9.17) is 4.74 Å². The standard InChI is InChI=1S/C29H39N5O6/c1-29(2,3)40-28(39)33-13-10-19(11-14-33)9-12-31-15-17-32(18-16-31)21-6-4-5-20-24(21)27(38)34(26(20)37)22-7-8-23(35)30-25(22)36/h4-6,19,22H,7-18H2,1-3H3,(H,30,35,36). The van der Waals surface area contributed by atoms with Crippen LogP contribution in [0.3, 0.4) is 0 Å². The van der Waals surface area contributed by atoms with E-state index in [1.54, 1.807) is 12.1 Å². The van der Waals surface area contributed by atoms with Gasteiger partial charge in [0.25, 0.3) is 11.8 Å². The summed E-state index contributed by atoms with van der Waals surface area (Å²) in [4.78, 5) is 70.3. The number of hydrogen-bond donors (Lipinski definition) is 1.